The Morgan fingerprint density at radius 1 is 1.24 bits per heavy atom. The Hall–Kier alpha value is -2.74. The number of amides is 2. The van der Waals surface area contributed by atoms with Crippen LogP contribution in [0, 0.1) is 6.92 Å². The fourth-order valence-electron chi connectivity index (χ4n) is 3.64. The summed E-state index contributed by atoms with van der Waals surface area (Å²) in [6.07, 6.45) is 1.78. The number of likely N-dealkylation sites (tertiary alicyclic amines) is 1. The first-order valence-electron chi connectivity index (χ1n) is 10.2. The van der Waals surface area contributed by atoms with Gasteiger partial charge < -0.3 is 14.7 Å². The molecule has 1 fully saturated rings. The first-order valence-corrected chi connectivity index (χ1v) is 10.2. The second kappa shape index (κ2) is 9.65. The minimum absolute atomic E-state index is 0.0237. The standard InChI is InChI=1S/C21H29N5O3/c1-4-26(5-2)21(28)17-7-6-8-18(13-17)23-19(27)14-25-11-9-16(10-12-25)20-22-15(3)24-29-20/h6-8,13,16H,4-5,9-12,14H2,1-3H3,(H,23,27). The number of piperidine rings is 1. The molecule has 0 saturated carbocycles. The lowest BCUT2D eigenvalue weighted by atomic mass is 9.97. The normalized spacial score (nSPS) is 15.3. The second-order valence-corrected chi connectivity index (χ2v) is 7.34. The van der Waals surface area contributed by atoms with Crippen molar-refractivity contribution in [1.29, 1.82) is 0 Å². The average molecular weight is 399 g/mol. The number of aromatic nitrogens is 2. The lowest BCUT2D eigenvalue weighted by Gasteiger charge is -2.29. The minimum Gasteiger partial charge on any atom is -0.339 e. The van der Waals surface area contributed by atoms with E-state index in [1.807, 2.05) is 20.8 Å². The van der Waals surface area contributed by atoms with Crippen LogP contribution in [0.3, 0.4) is 0 Å². The van der Waals surface area contributed by atoms with Gasteiger partial charge in [0.25, 0.3) is 5.91 Å². The zero-order valence-corrected chi connectivity index (χ0v) is 17.4. The molecule has 29 heavy (non-hydrogen) atoms. The van der Waals surface area contributed by atoms with E-state index < -0.39 is 0 Å². The average Bonchev–Trinajstić information content (AvgIpc) is 3.16. The summed E-state index contributed by atoms with van der Waals surface area (Å²) in [6.45, 7) is 8.97. The van der Waals surface area contributed by atoms with Gasteiger partial charge in [-0.25, -0.2) is 0 Å². The van der Waals surface area contributed by atoms with Crippen LogP contribution >= 0.6 is 0 Å². The number of rotatable bonds is 7. The van der Waals surface area contributed by atoms with E-state index in [1.165, 1.54) is 0 Å². The van der Waals surface area contributed by atoms with Crippen LogP contribution in [0.2, 0.25) is 0 Å². The molecule has 8 nitrogen and oxygen atoms in total. The van der Waals surface area contributed by atoms with Crippen LogP contribution in [-0.2, 0) is 4.79 Å². The van der Waals surface area contributed by atoms with Crippen molar-refractivity contribution in [2.75, 3.05) is 38.0 Å². The molecule has 0 radical (unpaired) electrons. The SMILES string of the molecule is CCN(CC)C(=O)c1cccc(NC(=O)CN2CCC(c3nc(C)no3)CC2)c1. The fourth-order valence-corrected chi connectivity index (χ4v) is 3.64. The van der Waals surface area contributed by atoms with Crippen LogP contribution in [0.5, 0.6) is 0 Å². The van der Waals surface area contributed by atoms with Gasteiger partial charge in [0.05, 0.1) is 6.54 Å². The minimum atomic E-state index is -0.0791. The highest BCUT2D eigenvalue weighted by molar-refractivity contribution is 5.97. The number of carbonyl (C=O) groups excluding carboxylic acids is 2. The molecular formula is C21H29N5O3. The van der Waals surface area contributed by atoms with E-state index in [0.717, 1.165) is 25.9 Å². The van der Waals surface area contributed by atoms with E-state index in [1.54, 1.807) is 29.2 Å². The van der Waals surface area contributed by atoms with E-state index in [2.05, 4.69) is 20.4 Å². The lowest BCUT2D eigenvalue weighted by Crippen LogP contribution is -2.38. The third-order valence-electron chi connectivity index (χ3n) is 5.29. The zero-order chi connectivity index (χ0) is 20.8. The van der Waals surface area contributed by atoms with E-state index in [9.17, 15) is 9.59 Å². The van der Waals surface area contributed by atoms with Crippen LogP contribution in [0.15, 0.2) is 28.8 Å². The number of anilines is 1. The Morgan fingerprint density at radius 2 is 1.97 bits per heavy atom. The largest absolute Gasteiger partial charge is 0.339 e. The van der Waals surface area contributed by atoms with E-state index >= 15 is 0 Å². The van der Waals surface area contributed by atoms with Crippen molar-refractivity contribution in [3.8, 4) is 0 Å². The van der Waals surface area contributed by atoms with Gasteiger partial charge in [0.1, 0.15) is 0 Å². The van der Waals surface area contributed by atoms with E-state index in [-0.39, 0.29) is 17.7 Å². The molecular weight excluding hydrogens is 370 g/mol. The summed E-state index contributed by atoms with van der Waals surface area (Å²) >= 11 is 0. The van der Waals surface area contributed by atoms with Gasteiger partial charge in [0.2, 0.25) is 11.8 Å². The van der Waals surface area contributed by atoms with Gasteiger partial charge in [-0.1, -0.05) is 11.2 Å². The quantitative estimate of drug-likeness (QED) is 0.770. The lowest BCUT2D eigenvalue weighted by molar-refractivity contribution is -0.117. The fraction of sp³-hybridized carbons (Fsp3) is 0.524. The van der Waals surface area contributed by atoms with Crippen molar-refractivity contribution >= 4 is 17.5 Å². The smallest absolute Gasteiger partial charge is 0.253 e. The molecule has 1 N–H and O–H groups in total. The molecule has 0 bridgehead atoms. The number of benzene rings is 1. The summed E-state index contributed by atoms with van der Waals surface area (Å²) < 4.78 is 5.27. The molecule has 1 aliphatic heterocycles. The van der Waals surface area contributed by atoms with Crippen molar-refractivity contribution in [2.24, 2.45) is 0 Å². The number of aryl methyl sites for hydroxylation is 1. The molecule has 8 heteroatoms. The molecule has 0 unspecified atom stereocenters. The highest BCUT2D eigenvalue weighted by Gasteiger charge is 2.25. The maximum absolute atomic E-state index is 12.5. The molecule has 2 amide bonds. The number of nitrogens with one attached hydrogen (secondary N) is 1. The summed E-state index contributed by atoms with van der Waals surface area (Å²) in [5.74, 6) is 1.51. The maximum atomic E-state index is 12.5. The Bertz CT molecular complexity index is 838. The van der Waals surface area contributed by atoms with Gasteiger partial charge in [-0.15, -0.1) is 0 Å². The summed E-state index contributed by atoms with van der Waals surface area (Å²) in [7, 11) is 0. The Labute approximate surface area is 171 Å². The van der Waals surface area contributed by atoms with E-state index in [4.69, 9.17) is 4.52 Å². The topological polar surface area (TPSA) is 91.6 Å². The van der Waals surface area contributed by atoms with Crippen molar-refractivity contribution in [2.45, 2.75) is 39.5 Å². The van der Waals surface area contributed by atoms with Crippen molar-refractivity contribution in [3.05, 3.63) is 41.5 Å². The third-order valence-corrected chi connectivity index (χ3v) is 5.29. The number of hydrogen-bond donors (Lipinski definition) is 1. The molecule has 2 aromatic rings. The highest BCUT2D eigenvalue weighted by Crippen LogP contribution is 2.26. The molecule has 1 saturated heterocycles. The highest BCUT2D eigenvalue weighted by atomic mass is 16.5. The molecule has 1 aliphatic rings. The Balaban J connectivity index is 1.51. The maximum Gasteiger partial charge on any atom is 0.253 e. The molecule has 1 aromatic heterocycles. The molecule has 2 heterocycles. The summed E-state index contributed by atoms with van der Waals surface area (Å²) in [5.41, 5.74) is 1.23. The van der Waals surface area contributed by atoms with Crippen molar-refractivity contribution in [1.82, 2.24) is 19.9 Å². The van der Waals surface area contributed by atoms with Crippen LogP contribution in [-0.4, -0.2) is 64.5 Å². The van der Waals surface area contributed by atoms with Crippen molar-refractivity contribution in [3.63, 3.8) is 0 Å². The Kier molecular flexibility index (Phi) is 6.98. The number of nitrogens with zero attached hydrogens (tertiary/aromatic N) is 4. The zero-order valence-electron chi connectivity index (χ0n) is 17.4. The van der Waals surface area contributed by atoms with Crippen LogP contribution in [0.4, 0.5) is 5.69 Å². The molecule has 0 aliphatic carbocycles. The first-order chi connectivity index (χ1) is 14.0. The van der Waals surface area contributed by atoms with Gasteiger partial charge in [-0.3, -0.25) is 14.5 Å². The molecule has 1 aromatic carbocycles. The van der Waals surface area contributed by atoms with Crippen molar-refractivity contribution < 1.29 is 14.1 Å². The predicted octanol–water partition coefficient (Wildman–Crippen LogP) is 2.68. The summed E-state index contributed by atoms with van der Waals surface area (Å²) in [5, 5.41) is 6.77. The number of hydrogen-bond acceptors (Lipinski definition) is 6. The molecule has 3 rings (SSSR count). The summed E-state index contributed by atoms with van der Waals surface area (Å²) in [4.78, 5) is 33.2. The van der Waals surface area contributed by atoms with Crippen LogP contribution in [0.1, 0.15) is 54.7 Å². The van der Waals surface area contributed by atoms with Gasteiger partial charge >= 0.3 is 0 Å². The molecule has 156 valence electrons. The first kappa shape index (κ1) is 21.0. The molecule has 0 spiro atoms. The monoisotopic (exact) mass is 399 g/mol. The van der Waals surface area contributed by atoms with Crippen LogP contribution in [0.25, 0.3) is 0 Å². The van der Waals surface area contributed by atoms with Gasteiger partial charge in [-0.2, -0.15) is 4.98 Å². The third kappa shape index (κ3) is 5.41. The Morgan fingerprint density at radius 3 is 2.59 bits per heavy atom. The van der Waals surface area contributed by atoms with Crippen LogP contribution < -0.4 is 5.32 Å². The number of carbonyl (C=O) groups is 2. The van der Waals surface area contributed by atoms with Gasteiger partial charge in [-0.05, 0) is 64.9 Å². The summed E-state index contributed by atoms with van der Waals surface area (Å²) in [6, 6.07) is 7.12. The second-order valence-electron chi connectivity index (χ2n) is 7.34. The predicted molar refractivity (Wildman–Crippen MR) is 110 cm³/mol. The van der Waals surface area contributed by atoms with Gasteiger partial charge in [0, 0.05) is 30.3 Å². The van der Waals surface area contributed by atoms with E-state index in [0.29, 0.717) is 42.6 Å². The molecule has 0 atom stereocenters. The van der Waals surface area contributed by atoms with Gasteiger partial charge in [0.15, 0.2) is 5.82 Å².